The van der Waals surface area contributed by atoms with Crippen LogP contribution in [0.1, 0.15) is 32.1 Å². The number of fused-ring (bicyclic) bond motifs is 1. The molecule has 0 bridgehead atoms. The second-order valence-corrected chi connectivity index (χ2v) is 3.66. The minimum Gasteiger partial charge on any atom is -0.327 e. The number of carbonyl (C=O) groups excluding carboxylic acids is 1. The van der Waals surface area contributed by atoms with Crippen LogP contribution in [0.4, 0.5) is 0 Å². The summed E-state index contributed by atoms with van der Waals surface area (Å²) in [7, 11) is 0. The lowest BCUT2D eigenvalue weighted by Crippen LogP contribution is -2.53. The Morgan fingerprint density at radius 1 is 1.33 bits per heavy atom. The third kappa shape index (κ3) is 1.46. The summed E-state index contributed by atoms with van der Waals surface area (Å²) in [5.41, 5.74) is 0. The zero-order valence-electron chi connectivity index (χ0n) is 7.38. The largest absolute Gasteiger partial charge is 0.327 e. The maximum Gasteiger partial charge on any atom is 0.225 e. The number of carbonyl (C=O) groups is 1. The molecule has 0 radical (unpaired) electrons. The quantitative estimate of drug-likeness (QED) is 0.577. The lowest BCUT2D eigenvalue weighted by molar-refractivity contribution is -0.136. The van der Waals surface area contributed by atoms with Gasteiger partial charge in [-0.25, -0.2) is 0 Å². The zero-order chi connectivity index (χ0) is 8.39. The second-order valence-electron chi connectivity index (χ2n) is 3.66. The van der Waals surface area contributed by atoms with E-state index in [1.807, 2.05) is 4.90 Å². The Hall–Kier alpha value is -0.570. The average molecular weight is 168 g/mol. The fraction of sp³-hybridized carbons (Fsp3) is 0.889. The van der Waals surface area contributed by atoms with Gasteiger partial charge in [-0.05, 0) is 19.3 Å². The van der Waals surface area contributed by atoms with Crippen molar-refractivity contribution in [1.29, 1.82) is 0 Å². The minimum atomic E-state index is 0.348. The molecule has 0 aromatic carbocycles. The van der Waals surface area contributed by atoms with Crippen LogP contribution in [0.2, 0.25) is 0 Å². The van der Waals surface area contributed by atoms with Crippen molar-refractivity contribution in [2.45, 2.75) is 38.3 Å². The summed E-state index contributed by atoms with van der Waals surface area (Å²) in [5, 5.41) is 3.40. The smallest absolute Gasteiger partial charge is 0.225 e. The molecule has 1 atom stereocenters. The Morgan fingerprint density at radius 3 is 3.17 bits per heavy atom. The molecule has 2 heterocycles. The van der Waals surface area contributed by atoms with Crippen molar-refractivity contribution in [3.63, 3.8) is 0 Å². The van der Waals surface area contributed by atoms with Gasteiger partial charge in [0.15, 0.2) is 0 Å². The summed E-state index contributed by atoms with van der Waals surface area (Å²) in [5.74, 6) is 0.348. The van der Waals surface area contributed by atoms with Crippen molar-refractivity contribution in [2.75, 3.05) is 13.1 Å². The number of amides is 1. The minimum absolute atomic E-state index is 0.348. The van der Waals surface area contributed by atoms with E-state index in [2.05, 4.69) is 5.32 Å². The third-order valence-corrected chi connectivity index (χ3v) is 2.79. The van der Waals surface area contributed by atoms with Crippen LogP contribution in [0.3, 0.4) is 0 Å². The molecule has 0 aromatic heterocycles. The number of rotatable bonds is 0. The van der Waals surface area contributed by atoms with E-state index in [-0.39, 0.29) is 0 Å². The Kier molecular flexibility index (Phi) is 2.30. The molecule has 3 heteroatoms. The highest BCUT2D eigenvalue weighted by Gasteiger charge is 2.27. The topological polar surface area (TPSA) is 32.3 Å². The Balaban J connectivity index is 2.05. The van der Waals surface area contributed by atoms with Crippen LogP contribution in [-0.4, -0.2) is 30.1 Å². The van der Waals surface area contributed by atoms with Crippen molar-refractivity contribution in [3.8, 4) is 0 Å². The first kappa shape index (κ1) is 8.05. The molecule has 2 saturated heterocycles. The Labute approximate surface area is 73.1 Å². The van der Waals surface area contributed by atoms with E-state index in [0.717, 1.165) is 19.5 Å². The Morgan fingerprint density at radius 2 is 2.25 bits per heavy atom. The predicted octanol–water partition coefficient (Wildman–Crippen LogP) is 0.708. The van der Waals surface area contributed by atoms with Gasteiger partial charge in [0, 0.05) is 19.5 Å². The maximum absolute atomic E-state index is 11.5. The molecular formula is C9H16N2O. The van der Waals surface area contributed by atoms with E-state index in [9.17, 15) is 4.79 Å². The molecule has 68 valence electrons. The standard InChI is InChI=1S/C9H16N2O/c12-9-5-6-10-8-4-2-1-3-7-11(8)9/h8,10H,1-7H2. The fourth-order valence-corrected chi connectivity index (χ4v) is 2.11. The van der Waals surface area contributed by atoms with Gasteiger partial charge in [-0.15, -0.1) is 0 Å². The first-order valence-corrected chi connectivity index (χ1v) is 4.91. The summed E-state index contributed by atoms with van der Waals surface area (Å²) in [6.45, 7) is 1.84. The molecule has 0 aromatic rings. The van der Waals surface area contributed by atoms with Crippen LogP contribution in [0.25, 0.3) is 0 Å². The van der Waals surface area contributed by atoms with Crippen molar-refractivity contribution in [1.82, 2.24) is 10.2 Å². The number of nitrogens with zero attached hydrogens (tertiary/aromatic N) is 1. The van der Waals surface area contributed by atoms with Crippen LogP contribution < -0.4 is 5.32 Å². The summed E-state index contributed by atoms with van der Waals surface area (Å²) in [4.78, 5) is 13.5. The molecule has 0 saturated carbocycles. The number of hydrogen-bond acceptors (Lipinski definition) is 2. The number of nitrogens with one attached hydrogen (secondary N) is 1. The summed E-state index contributed by atoms with van der Waals surface area (Å²) < 4.78 is 0. The molecular weight excluding hydrogens is 152 g/mol. The predicted molar refractivity (Wildman–Crippen MR) is 46.6 cm³/mol. The van der Waals surface area contributed by atoms with Gasteiger partial charge in [-0.3, -0.25) is 10.1 Å². The van der Waals surface area contributed by atoms with Gasteiger partial charge < -0.3 is 4.90 Å². The van der Waals surface area contributed by atoms with Crippen LogP contribution >= 0.6 is 0 Å². The lowest BCUT2D eigenvalue weighted by atomic mass is 10.2. The molecule has 2 rings (SSSR count). The van der Waals surface area contributed by atoms with Crippen LogP contribution in [0.15, 0.2) is 0 Å². The van der Waals surface area contributed by atoms with Gasteiger partial charge in [0.1, 0.15) is 0 Å². The molecule has 12 heavy (non-hydrogen) atoms. The highest BCUT2D eigenvalue weighted by atomic mass is 16.2. The van der Waals surface area contributed by atoms with Crippen molar-refractivity contribution < 1.29 is 4.79 Å². The molecule has 3 nitrogen and oxygen atoms in total. The van der Waals surface area contributed by atoms with E-state index in [0.29, 0.717) is 18.5 Å². The number of hydrogen-bond donors (Lipinski definition) is 1. The highest BCUT2D eigenvalue weighted by molar-refractivity contribution is 5.77. The van der Waals surface area contributed by atoms with Gasteiger partial charge >= 0.3 is 0 Å². The summed E-state index contributed by atoms with van der Waals surface area (Å²) in [6, 6.07) is 0. The Bertz CT molecular complexity index is 181. The van der Waals surface area contributed by atoms with Gasteiger partial charge in [0.05, 0.1) is 6.17 Å². The maximum atomic E-state index is 11.5. The van der Waals surface area contributed by atoms with E-state index < -0.39 is 0 Å². The van der Waals surface area contributed by atoms with Crippen LogP contribution in [0.5, 0.6) is 0 Å². The second kappa shape index (κ2) is 3.44. The molecule has 2 fully saturated rings. The first-order chi connectivity index (χ1) is 5.88. The lowest BCUT2D eigenvalue weighted by Gasteiger charge is -2.34. The van der Waals surface area contributed by atoms with Crippen LogP contribution in [0, 0.1) is 0 Å². The van der Waals surface area contributed by atoms with E-state index in [1.165, 1.54) is 19.3 Å². The first-order valence-electron chi connectivity index (χ1n) is 4.91. The molecule has 2 aliphatic heterocycles. The highest BCUT2D eigenvalue weighted by Crippen LogP contribution is 2.18. The molecule has 2 aliphatic rings. The molecule has 1 unspecified atom stereocenters. The SMILES string of the molecule is O=C1CCNC2CCCCCN12. The van der Waals surface area contributed by atoms with Gasteiger partial charge in [-0.1, -0.05) is 6.42 Å². The monoisotopic (exact) mass is 168 g/mol. The van der Waals surface area contributed by atoms with Crippen molar-refractivity contribution >= 4 is 5.91 Å². The van der Waals surface area contributed by atoms with E-state index in [4.69, 9.17) is 0 Å². The van der Waals surface area contributed by atoms with Crippen molar-refractivity contribution in [3.05, 3.63) is 0 Å². The van der Waals surface area contributed by atoms with E-state index >= 15 is 0 Å². The van der Waals surface area contributed by atoms with Gasteiger partial charge in [0.25, 0.3) is 0 Å². The van der Waals surface area contributed by atoms with E-state index in [1.54, 1.807) is 0 Å². The van der Waals surface area contributed by atoms with Crippen molar-refractivity contribution in [2.24, 2.45) is 0 Å². The normalized spacial score (nSPS) is 31.2. The van der Waals surface area contributed by atoms with Gasteiger partial charge in [0.2, 0.25) is 5.91 Å². The van der Waals surface area contributed by atoms with Gasteiger partial charge in [-0.2, -0.15) is 0 Å². The average Bonchev–Trinajstić information content (AvgIpc) is 2.30. The molecule has 1 N–H and O–H groups in total. The zero-order valence-corrected chi connectivity index (χ0v) is 7.38. The molecule has 0 aliphatic carbocycles. The summed E-state index contributed by atoms with van der Waals surface area (Å²) in [6.07, 6.45) is 5.92. The fourth-order valence-electron chi connectivity index (χ4n) is 2.11. The third-order valence-electron chi connectivity index (χ3n) is 2.79. The molecule has 1 amide bonds. The summed E-state index contributed by atoms with van der Waals surface area (Å²) >= 11 is 0. The van der Waals surface area contributed by atoms with Crippen LogP contribution in [-0.2, 0) is 4.79 Å². The molecule has 0 spiro atoms.